The van der Waals surface area contributed by atoms with Gasteiger partial charge in [0, 0.05) is 43.4 Å². The molecule has 1 amide bonds. The van der Waals surface area contributed by atoms with E-state index in [9.17, 15) is 4.79 Å². The number of carbonyl (C=O) groups excluding carboxylic acids is 1. The van der Waals surface area contributed by atoms with Crippen LogP contribution in [0.5, 0.6) is 0 Å². The minimum Gasteiger partial charge on any atom is -0.370 e. The van der Waals surface area contributed by atoms with Crippen LogP contribution < -0.4 is 5.32 Å². The van der Waals surface area contributed by atoms with Gasteiger partial charge in [0.1, 0.15) is 5.69 Å². The lowest BCUT2D eigenvalue weighted by atomic mass is 9.73. The molecule has 1 aromatic heterocycles. The summed E-state index contributed by atoms with van der Waals surface area (Å²) in [5, 5.41) is 5.90. The molecule has 3 aliphatic rings. The van der Waals surface area contributed by atoms with E-state index >= 15 is 0 Å². The molecular formula is C21H31N3O2S. The third kappa shape index (κ3) is 3.71. The Kier molecular flexibility index (Phi) is 5.41. The monoisotopic (exact) mass is 389 g/mol. The van der Waals surface area contributed by atoms with Crippen LogP contribution in [0.4, 0.5) is 0 Å². The lowest BCUT2D eigenvalue weighted by molar-refractivity contribution is 0.00290. The highest BCUT2D eigenvalue weighted by Gasteiger charge is 2.62. The zero-order valence-electron chi connectivity index (χ0n) is 16.7. The molecule has 5 nitrogen and oxygen atoms in total. The van der Waals surface area contributed by atoms with E-state index in [4.69, 9.17) is 4.74 Å². The van der Waals surface area contributed by atoms with Gasteiger partial charge in [0.05, 0.1) is 16.7 Å². The van der Waals surface area contributed by atoms with Gasteiger partial charge in [-0.1, -0.05) is 18.6 Å². The molecule has 2 bridgehead atoms. The zero-order chi connectivity index (χ0) is 19.0. The van der Waals surface area contributed by atoms with Gasteiger partial charge in [0.2, 0.25) is 0 Å². The fourth-order valence-corrected chi connectivity index (χ4v) is 5.73. The highest BCUT2D eigenvalue weighted by molar-refractivity contribution is 7.09. The first kappa shape index (κ1) is 19.1. The van der Waals surface area contributed by atoms with Crippen molar-refractivity contribution in [3.05, 3.63) is 27.7 Å². The molecule has 3 saturated heterocycles. The first-order chi connectivity index (χ1) is 13.0. The van der Waals surface area contributed by atoms with Gasteiger partial charge in [-0.15, -0.1) is 11.3 Å². The second-order valence-corrected chi connectivity index (χ2v) is 9.48. The predicted molar refractivity (Wildman–Crippen MR) is 108 cm³/mol. The Bertz CT molecular complexity index is 731. The molecule has 4 heterocycles. The average molecular weight is 390 g/mol. The fraction of sp³-hybridized carbons (Fsp3) is 0.714. The van der Waals surface area contributed by atoms with E-state index in [2.05, 4.69) is 35.1 Å². The number of aryl methyl sites for hydroxylation is 1. The molecule has 0 unspecified atom stereocenters. The van der Waals surface area contributed by atoms with Gasteiger partial charge in [0.25, 0.3) is 5.91 Å². The van der Waals surface area contributed by atoms with Gasteiger partial charge >= 0.3 is 0 Å². The van der Waals surface area contributed by atoms with Crippen molar-refractivity contribution >= 4 is 17.2 Å². The number of amides is 1. The van der Waals surface area contributed by atoms with Crippen molar-refractivity contribution in [1.82, 2.24) is 15.2 Å². The number of likely N-dealkylation sites (tertiary alicyclic amines) is 1. The Morgan fingerprint density at radius 3 is 3.15 bits per heavy atom. The number of allylic oxidation sites excluding steroid dienone is 1. The van der Waals surface area contributed by atoms with E-state index in [-0.39, 0.29) is 11.5 Å². The molecule has 148 valence electrons. The summed E-state index contributed by atoms with van der Waals surface area (Å²) >= 11 is 1.52. The SMILES string of the molecule is CC/C(C)=C/CCN1C[C@@H]2[C@H](CNC(=O)c3csc(C)n3)[C@H]3CC[C@]2(C1)O3. The van der Waals surface area contributed by atoms with Crippen LogP contribution in [-0.4, -0.2) is 53.7 Å². The van der Waals surface area contributed by atoms with Crippen LogP contribution >= 0.6 is 11.3 Å². The van der Waals surface area contributed by atoms with E-state index in [0.717, 1.165) is 43.9 Å². The zero-order valence-corrected chi connectivity index (χ0v) is 17.5. The van der Waals surface area contributed by atoms with Crippen molar-refractivity contribution in [2.75, 3.05) is 26.2 Å². The Balaban J connectivity index is 1.34. The fourth-order valence-electron chi connectivity index (χ4n) is 5.14. The van der Waals surface area contributed by atoms with Crippen LogP contribution in [0.3, 0.4) is 0 Å². The largest absolute Gasteiger partial charge is 0.370 e. The third-order valence-electron chi connectivity index (χ3n) is 6.70. The maximum Gasteiger partial charge on any atom is 0.270 e. The Morgan fingerprint density at radius 2 is 2.41 bits per heavy atom. The first-order valence-corrected chi connectivity index (χ1v) is 11.1. The summed E-state index contributed by atoms with van der Waals surface area (Å²) in [6, 6.07) is 0. The number of nitrogens with one attached hydrogen (secondary N) is 1. The van der Waals surface area contributed by atoms with Crippen molar-refractivity contribution in [2.45, 2.75) is 58.2 Å². The summed E-state index contributed by atoms with van der Waals surface area (Å²) < 4.78 is 6.50. The number of hydrogen-bond donors (Lipinski definition) is 1. The Hall–Kier alpha value is -1.24. The maximum atomic E-state index is 12.4. The van der Waals surface area contributed by atoms with Crippen LogP contribution in [0.1, 0.15) is 55.0 Å². The van der Waals surface area contributed by atoms with Crippen LogP contribution in [-0.2, 0) is 4.74 Å². The lowest BCUT2D eigenvalue weighted by Crippen LogP contribution is -2.42. The second kappa shape index (κ2) is 7.64. The van der Waals surface area contributed by atoms with Crippen molar-refractivity contribution < 1.29 is 9.53 Å². The molecule has 1 aromatic rings. The van der Waals surface area contributed by atoms with Crippen LogP contribution in [0.25, 0.3) is 0 Å². The van der Waals surface area contributed by atoms with Gasteiger partial charge in [-0.3, -0.25) is 9.69 Å². The number of ether oxygens (including phenoxy) is 1. The van der Waals surface area contributed by atoms with Gasteiger partial charge in [0.15, 0.2) is 0 Å². The highest BCUT2D eigenvalue weighted by Crippen LogP contribution is 2.54. The molecule has 27 heavy (non-hydrogen) atoms. The van der Waals surface area contributed by atoms with Gasteiger partial charge in [-0.2, -0.15) is 0 Å². The summed E-state index contributed by atoms with van der Waals surface area (Å²) in [6.07, 6.45) is 7.26. The number of carbonyl (C=O) groups is 1. The maximum absolute atomic E-state index is 12.4. The summed E-state index contributed by atoms with van der Waals surface area (Å²) in [5.74, 6) is 0.927. The smallest absolute Gasteiger partial charge is 0.270 e. The number of thiazole rings is 1. The quantitative estimate of drug-likeness (QED) is 0.726. The average Bonchev–Trinajstić information content (AvgIpc) is 3.39. The second-order valence-electron chi connectivity index (χ2n) is 8.42. The number of fused-ring (bicyclic) bond motifs is 1. The standard InChI is InChI=1S/C21H31N3O2S/c1-4-14(2)6-5-9-24-11-17-16(19-7-8-21(17,13-24)26-19)10-22-20(25)18-12-27-15(3)23-18/h6,12,16-17,19H,4-5,7-11,13H2,1-3H3,(H,22,25)/b14-6+/t16-,17+,19+,21+/m0/s1. The van der Waals surface area contributed by atoms with Crippen LogP contribution in [0.2, 0.25) is 0 Å². The molecule has 0 saturated carbocycles. The molecule has 1 N–H and O–H groups in total. The van der Waals surface area contributed by atoms with E-state index in [1.807, 2.05) is 12.3 Å². The van der Waals surface area contributed by atoms with E-state index < -0.39 is 0 Å². The normalized spacial score (nSPS) is 32.9. The highest BCUT2D eigenvalue weighted by atomic mass is 32.1. The van der Waals surface area contributed by atoms with Gasteiger partial charge in [-0.05, 0) is 39.5 Å². The molecule has 3 aliphatic heterocycles. The molecule has 1 spiro atoms. The summed E-state index contributed by atoms with van der Waals surface area (Å²) in [6.45, 7) is 10.3. The van der Waals surface area contributed by atoms with E-state index in [1.165, 1.54) is 23.3 Å². The van der Waals surface area contributed by atoms with Gasteiger partial charge < -0.3 is 10.1 Å². The van der Waals surface area contributed by atoms with Gasteiger partial charge in [-0.25, -0.2) is 4.98 Å². The number of hydrogen-bond acceptors (Lipinski definition) is 5. The Morgan fingerprint density at radius 1 is 1.56 bits per heavy atom. The molecule has 0 aromatic carbocycles. The number of aromatic nitrogens is 1. The van der Waals surface area contributed by atoms with Crippen molar-refractivity contribution in [2.24, 2.45) is 11.8 Å². The summed E-state index contributed by atoms with van der Waals surface area (Å²) in [7, 11) is 0. The van der Waals surface area contributed by atoms with Crippen LogP contribution in [0, 0.1) is 18.8 Å². The molecule has 3 fully saturated rings. The topological polar surface area (TPSA) is 54.5 Å². The summed E-state index contributed by atoms with van der Waals surface area (Å²) in [5.41, 5.74) is 2.06. The predicted octanol–water partition coefficient (Wildman–Crippen LogP) is 3.41. The lowest BCUT2D eigenvalue weighted by Gasteiger charge is -2.29. The van der Waals surface area contributed by atoms with Crippen molar-refractivity contribution in [3.8, 4) is 0 Å². The van der Waals surface area contributed by atoms with E-state index in [1.54, 1.807) is 0 Å². The molecule has 0 radical (unpaired) electrons. The minimum atomic E-state index is -0.0498. The van der Waals surface area contributed by atoms with Crippen molar-refractivity contribution in [3.63, 3.8) is 0 Å². The van der Waals surface area contributed by atoms with Crippen molar-refractivity contribution in [1.29, 1.82) is 0 Å². The number of rotatable bonds is 7. The minimum absolute atomic E-state index is 0.0425. The molecule has 4 rings (SSSR count). The number of nitrogens with zero attached hydrogens (tertiary/aromatic N) is 2. The Labute approximate surface area is 166 Å². The van der Waals surface area contributed by atoms with E-state index in [0.29, 0.717) is 30.2 Å². The summed E-state index contributed by atoms with van der Waals surface area (Å²) in [4.78, 5) is 19.3. The van der Waals surface area contributed by atoms with Crippen LogP contribution in [0.15, 0.2) is 17.0 Å². The first-order valence-electron chi connectivity index (χ1n) is 10.3. The molecule has 0 aliphatic carbocycles. The third-order valence-corrected chi connectivity index (χ3v) is 7.47. The molecule has 6 heteroatoms. The molecular weight excluding hydrogens is 358 g/mol. The molecule has 4 atom stereocenters.